The lowest BCUT2D eigenvalue weighted by Gasteiger charge is -2.41. The van der Waals surface area contributed by atoms with Crippen LogP contribution in [0, 0.1) is 11.8 Å². The van der Waals surface area contributed by atoms with E-state index in [1.54, 1.807) is 29.0 Å². The largest absolute Gasteiger partial charge is 0.396 e. The summed E-state index contributed by atoms with van der Waals surface area (Å²) >= 11 is 0. The number of hydrogen-bond acceptors (Lipinski definition) is 5. The second-order valence-corrected chi connectivity index (χ2v) is 11.7. The molecule has 1 aliphatic carbocycles. The van der Waals surface area contributed by atoms with Crippen LogP contribution in [0.1, 0.15) is 77.6 Å². The maximum atomic E-state index is 14.6. The molecule has 3 amide bonds. The van der Waals surface area contributed by atoms with Crippen molar-refractivity contribution in [2.75, 3.05) is 33.3 Å². The first-order chi connectivity index (χ1) is 18.3. The number of likely N-dealkylation sites (N-methyl/N-ethyl adjacent to an activating group) is 1. The summed E-state index contributed by atoms with van der Waals surface area (Å²) in [6.07, 6.45) is 12.7. The number of carbonyl (C=O) groups is 3. The summed E-state index contributed by atoms with van der Waals surface area (Å²) in [5.74, 6) is -1.57. The summed E-state index contributed by atoms with van der Waals surface area (Å²) in [6, 6.07) is -0.613. The van der Waals surface area contributed by atoms with Gasteiger partial charge in [-0.25, -0.2) is 0 Å². The molecule has 4 rings (SSSR count). The van der Waals surface area contributed by atoms with E-state index in [1.807, 2.05) is 11.8 Å². The summed E-state index contributed by atoms with van der Waals surface area (Å²) in [5.41, 5.74) is -1.73. The van der Waals surface area contributed by atoms with Crippen LogP contribution in [-0.4, -0.2) is 94.1 Å². The topological polar surface area (TPSA) is 90.4 Å². The van der Waals surface area contributed by atoms with E-state index in [0.29, 0.717) is 51.7 Å². The fourth-order valence-electron chi connectivity index (χ4n) is 7.81. The zero-order valence-electron chi connectivity index (χ0n) is 23.4. The van der Waals surface area contributed by atoms with Gasteiger partial charge < -0.3 is 24.5 Å². The maximum absolute atomic E-state index is 14.6. The van der Waals surface area contributed by atoms with Crippen molar-refractivity contribution in [2.45, 2.75) is 101 Å². The van der Waals surface area contributed by atoms with Crippen LogP contribution in [0.4, 0.5) is 0 Å². The van der Waals surface area contributed by atoms with Crippen molar-refractivity contribution < 1.29 is 24.2 Å². The molecule has 1 saturated carbocycles. The summed E-state index contributed by atoms with van der Waals surface area (Å²) in [6.45, 7) is 11.1. The van der Waals surface area contributed by atoms with Gasteiger partial charge in [0.05, 0.1) is 17.4 Å². The lowest BCUT2D eigenvalue weighted by molar-refractivity contribution is -0.156. The Bertz CT molecular complexity index is 918. The Kier molecular flexibility index (Phi) is 9.03. The molecule has 8 nitrogen and oxygen atoms in total. The number of hydrogen-bond donors (Lipinski definition) is 1. The highest BCUT2D eigenvalue weighted by Crippen LogP contribution is 2.64. The maximum Gasteiger partial charge on any atom is 0.248 e. The van der Waals surface area contributed by atoms with Gasteiger partial charge in [-0.05, 0) is 51.4 Å². The van der Waals surface area contributed by atoms with Crippen molar-refractivity contribution in [1.29, 1.82) is 0 Å². The third kappa shape index (κ3) is 4.72. The van der Waals surface area contributed by atoms with Crippen LogP contribution >= 0.6 is 0 Å². The molecule has 4 aliphatic rings. The Morgan fingerprint density at radius 1 is 1.08 bits per heavy atom. The number of rotatable bonds is 13. The van der Waals surface area contributed by atoms with Gasteiger partial charge in [0, 0.05) is 39.3 Å². The number of unbranched alkanes of at least 4 members (excludes halogenated alkanes) is 2. The molecule has 1 spiro atoms. The zero-order chi connectivity index (χ0) is 27.5. The van der Waals surface area contributed by atoms with E-state index in [4.69, 9.17) is 4.74 Å². The van der Waals surface area contributed by atoms with Gasteiger partial charge >= 0.3 is 0 Å². The van der Waals surface area contributed by atoms with Crippen molar-refractivity contribution in [3.63, 3.8) is 0 Å². The Morgan fingerprint density at radius 3 is 2.42 bits per heavy atom. The first kappa shape index (κ1) is 28.8. The molecule has 3 aliphatic heterocycles. The zero-order valence-corrected chi connectivity index (χ0v) is 23.4. The Hall–Kier alpha value is -2.19. The van der Waals surface area contributed by atoms with Crippen LogP contribution in [0.2, 0.25) is 0 Å². The molecule has 8 heteroatoms. The number of aliphatic hydroxyl groups excluding tert-OH is 1. The first-order valence-electron chi connectivity index (χ1n) is 14.7. The third-order valence-electron chi connectivity index (χ3n) is 9.64. The summed E-state index contributed by atoms with van der Waals surface area (Å²) < 4.78 is 6.91. The van der Waals surface area contributed by atoms with Crippen LogP contribution in [-0.2, 0) is 19.1 Å². The van der Waals surface area contributed by atoms with Gasteiger partial charge in [0.25, 0.3) is 0 Å². The molecule has 0 radical (unpaired) electrons. The van der Waals surface area contributed by atoms with Crippen molar-refractivity contribution in [2.24, 2.45) is 11.8 Å². The number of carbonyl (C=O) groups excluding carboxylic acids is 3. The van der Waals surface area contributed by atoms with E-state index >= 15 is 0 Å². The number of ether oxygens (including phenoxy) is 1. The fraction of sp³-hybridized carbons (Fsp3) is 0.767. The van der Waals surface area contributed by atoms with Crippen molar-refractivity contribution >= 4 is 17.7 Å². The Balaban J connectivity index is 1.74. The monoisotopic (exact) mass is 529 g/mol. The smallest absolute Gasteiger partial charge is 0.248 e. The first-order valence-corrected chi connectivity index (χ1v) is 14.7. The molecule has 2 unspecified atom stereocenters. The molecular weight excluding hydrogens is 482 g/mol. The molecule has 0 aromatic heterocycles. The average Bonchev–Trinajstić information content (AvgIpc) is 3.53. The van der Waals surface area contributed by atoms with Crippen LogP contribution in [0.25, 0.3) is 0 Å². The van der Waals surface area contributed by atoms with Gasteiger partial charge in [0.15, 0.2) is 0 Å². The number of amides is 3. The summed E-state index contributed by atoms with van der Waals surface area (Å²) in [5, 5.41) is 9.27. The van der Waals surface area contributed by atoms with Gasteiger partial charge in [0.1, 0.15) is 11.6 Å². The highest BCUT2D eigenvalue weighted by atomic mass is 16.5. The normalized spacial score (nSPS) is 32.3. The minimum Gasteiger partial charge on any atom is -0.396 e. The highest BCUT2D eigenvalue weighted by Gasteiger charge is 2.79. The van der Waals surface area contributed by atoms with Crippen LogP contribution in [0.5, 0.6) is 0 Å². The number of likely N-dealkylation sites (tertiary alicyclic amines) is 1. The summed E-state index contributed by atoms with van der Waals surface area (Å²) in [7, 11) is 1.75. The fourth-order valence-corrected chi connectivity index (χ4v) is 7.81. The van der Waals surface area contributed by atoms with Gasteiger partial charge in [-0.1, -0.05) is 38.3 Å². The van der Waals surface area contributed by atoms with Crippen molar-refractivity contribution in [1.82, 2.24) is 14.7 Å². The van der Waals surface area contributed by atoms with Crippen LogP contribution < -0.4 is 0 Å². The quantitative estimate of drug-likeness (QED) is 0.292. The van der Waals surface area contributed by atoms with E-state index in [9.17, 15) is 19.5 Å². The van der Waals surface area contributed by atoms with E-state index in [0.717, 1.165) is 32.1 Å². The minimum atomic E-state index is -0.995. The van der Waals surface area contributed by atoms with Gasteiger partial charge in [0.2, 0.25) is 17.7 Å². The Morgan fingerprint density at radius 2 is 1.79 bits per heavy atom. The molecule has 0 aromatic carbocycles. The minimum absolute atomic E-state index is 0.0609. The lowest BCUT2D eigenvalue weighted by atomic mass is 9.64. The molecule has 5 atom stereocenters. The molecule has 3 saturated heterocycles. The SMILES string of the molecule is C=CCN(C)C(=O)[C@H]1[C@H]2C(=O)N(CCCCCO)C(C(=O)N(CC=C)C3CCCCC3)C23CC[C@]1(CC)O3. The number of fused-ring (bicyclic) bond motifs is 1. The van der Waals surface area contributed by atoms with Crippen molar-refractivity contribution in [3.8, 4) is 0 Å². The molecule has 1 N–H and O–H groups in total. The van der Waals surface area contributed by atoms with Crippen LogP contribution in [0.15, 0.2) is 25.3 Å². The van der Waals surface area contributed by atoms with E-state index in [1.165, 1.54) is 6.42 Å². The molecule has 3 heterocycles. The highest BCUT2D eigenvalue weighted by molar-refractivity contribution is 5.99. The third-order valence-corrected chi connectivity index (χ3v) is 9.64. The average molecular weight is 530 g/mol. The molecule has 0 aromatic rings. The standard InChI is InChI=1S/C30H47N3O5/c1-5-18-31(4)26(35)23-24-27(36)33(20-12-9-13-21-34)25(30(24)17-16-29(23,7-3)38-30)28(37)32(19-6-2)22-14-10-8-11-15-22/h5-6,22-25,34H,1-2,7-21H2,3-4H3/t23-,24+,25?,29+,30?/m1/s1. The Labute approximate surface area is 228 Å². The molecule has 212 valence electrons. The van der Waals surface area contributed by atoms with Gasteiger partial charge in [-0.2, -0.15) is 0 Å². The summed E-state index contributed by atoms with van der Waals surface area (Å²) in [4.78, 5) is 48.0. The molecule has 38 heavy (non-hydrogen) atoms. The number of aliphatic hydroxyl groups is 1. The molecule has 4 fully saturated rings. The van der Waals surface area contributed by atoms with Crippen molar-refractivity contribution in [3.05, 3.63) is 25.3 Å². The van der Waals surface area contributed by atoms with E-state index < -0.39 is 29.1 Å². The van der Waals surface area contributed by atoms with Crippen LogP contribution in [0.3, 0.4) is 0 Å². The van der Waals surface area contributed by atoms with E-state index in [2.05, 4.69) is 13.2 Å². The lowest BCUT2D eigenvalue weighted by Crippen LogP contribution is -2.58. The second kappa shape index (κ2) is 11.9. The molecular formula is C30H47N3O5. The predicted octanol–water partition coefficient (Wildman–Crippen LogP) is 3.30. The van der Waals surface area contributed by atoms with Gasteiger partial charge in [-0.15, -0.1) is 13.2 Å². The molecule has 2 bridgehead atoms. The van der Waals surface area contributed by atoms with E-state index in [-0.39, 0.29) is 30.4 Å². The van der Waals surface area contributed by atoms with Gasteiger partial charge in [-0.3, -0.25) is 14.4 Å². The number of nitrogens with zero attached hydrogens (tertiary/aromatic N) is 3. The second-order valence-electron chi connectivity index (χ2n) is 11.7. The predicted molar refractivity (Wildman–Crippen MR) is 146 cm³/mol.